The maximum atomic E-state index is 12.2. The summed E-state index contributed by atoms with van der Waals surface area (Å²) < 4.78 is 11.3. The molecule has 0 aliphatic carbocycles. The molecule has 0 N–H and O–H groups in total. The van der Waals surface area contributed by atoms with Gasteiger partial charge in [0.05, 0.1) is 17.0 Å². The van der Waals surface area contributed by atoms with Gasteiger partial charge >= 0.3 is 0 Å². The highest BCUT2D eigenvalue weighted by atomic mass is 35.5. The number of ketones is 1. The molecule has 1 aliphatic heterocycles. The molecule has 0 fully saturated rings. The molecule has 3 rings (SSSR count). The summed E-state index contributed by atoms with van der Waals surface area (Å²) in [4.78, 5) is 12.2. The van der Waals surface area contributed by atoms with E-state index < -0.39 is 6.10 Å². The van der Waals surface area contributed by atoms with E-state index in [-0.39, 0.29) is 11.7 Å². The van der Waals surface area contributed by atoms with Crippen LogP contribution in [0.4, 0.5) is 0 Å². The molecule has 1 atom stereocenters. The molecule has 4 heteroatoms. The lowest BCUT2D eigenvalue weighted by molar-refractivity contribution is 0.0824. The number of para-hydroxylation sites is 1. The number of carbonyl (C=O) groups is 1. The summed E-state index contributed by atoms with van der Waals surface area (Å²) in [5.74, 6) is 1.97. The van der Waals surface area contributed by atoms with Gasteiger partial charge in [0, 0.05) is 0 Å². The fourth-order valence-electron chi connectivity index (χ4n) is 2.11. The summed E-state index contributed by atoms with van der Waals surface area (Å²) in [7, 11) is 0. The topological polar surface area (TPSA) is 39.4 Å². The van der Waals surface area contributed by atoms with Gasteiger partial charge in [0.25, 0.3) is 0 Å². The van der Waals surface area contributed by atoms with Crippen LogP contribution in [0.3, 0.4) is 0 Å². The second-order valence-corrected chi connectivity index (χ2v) is 4.48. The van der Waals surface area contributed by atoms with E-state index in [0.717, 1.165) is 5.56 Å². The Morgan fingerprint density at radius 2 is 2.06 bits per heavy atom. The van der Waals surface area contributed by atoms with E-state index in [1.807, 2.05) is 24.3 Å². The molecule has 0 saturated carbocycles. The van der Waals surface area contributed by atoms with Crippen LogP contribution in [0.2, 0.25) is 0 Å². The SMILES string of the molecule is CC1Oc2ccccc2-c2oc(CCl)cc2C1=O. The smallest absolute Gasteiger partial charge is 0.206 e. The van der Waals surface area contributed by atoms with E-state index in [0.29, 0.717) is 22.8 Å². The van der Waals surface area contributed by atoms with Crippen molar-refractivity contribution < 1.29 is 13.9 Å². The maximum absolute atomic E-state index is 12.2. The number of alkyl halides is 1. The molecule has 0 radical (unpaired) electrons. The fraction of sp³-hybridized carbons (Fsp3) is 0.214. The number of hydrogen-bond acceptors (Lipinski definition) is 3. The van der Waals surface area contributed by atoms with Crippen LogP contribution < -0.4 is 4.74 Å². The molecule has 3 nitrogen and oxygen atoms in total. The maximum Gasteiger partial charge on any atom is 0.206 e. The number of Topliss-reactive ketones (excluding diaryl/α,β-unsaturated/α-hetero) is 1. The summed E-state index contributed by atoms with van der Waals surface area (Å²) in [6.45, 7) is 1.74. The first-order valence-electron chi connectivity index (χ1n) is 5.69. The third kappa shape index (κ3) is 1.63. The van der Waals surface area contributed by atoms with Gasteiger partial charge in [-0.3, -0.25) is 4.79 Å². The van der Waals surface area contributed by atoms with Crippen molar-refractivity contribution in [1.82, 2.24) is 0 Å². The Labute approximate surface area is 109 Å². The lowest BCUT2D eigenvalue weighted by Gasteiger charge is -2.11. The van der Waals surface area contributed by atoms with Crippen LogP contribution in [0, 0.1) is 0 Å². The van der Waals surface area contributed by atoms with E-state index >= 15 is 0 Å². The quantitative estimate of drug-likeness (QED) is 0.737. The van der Waals surface area contributed by atoms with E-state index in [4.69, 9.17) is 20.8 Å². The van der Waals surface area contributed by atoms with Gasteiger partial charge in [-0.2, -0.15) is 0 Å². The second-order valence-electron chi connectivity index (χ2n) is 4.21. The lowest BCUT2D eigenvalue weighted by atomic mass is 10.0. The van der Waals surface area contributed by atoms with Crippen LogP contribution in [-0.4, -0.2) is 11.9 Å². The van der Waals surface area contributed by atoms with Gasteiger partial charge in [-0.15, -0.1) is 11.6 Å². The van der Waals surface area contributed by atoms with Crippen LogP contribution in [0.15, 0.2) is 34.7 Å². The Bertz CT molecular complexity index is 615. The van der Waals surface area contributed by atoms with E-state index in [1.54, 1.807) is 13.0 Å². The average molecular weight is 263 g/mol. The van der Waals surface area contributed by atoms with Crippen LogP contribution >= 0.6 is 11.6 Å². The highest BCUT2D eigenvalue weighted by Gasteiger charge is 2.30. The Balaban J connectivity index is 2.28. The van der Waals surface area contributed by atoms with Crippen molar-refractivity contribution in [2.24, 2.45) is 0 Å². The molecule has 1 aliphatic rings. The summed E-state index contributed by atoms with van der Waals surface area (Å²) in [5.41, 5.74) is 1.34. The molecular formula is C14H11ClO3. The van der Waals surface area contributed by atoms with Crippen LogP contribution in [0.5, 0.6) is 5.75 Å². The largest absolute Gasteiger partial charge is 0.482 e. The predicted octanol–water partition coefficient (Wildman–Crippen LogP) is 3.65. The predicted molar refractivity (Wildman–Crippen MR) is 68.1 cm³/mol. The number of carbonyl (C=O) groups excluding carboxylic acids is 1. The van der Waals surface area contributed by atoms with Crippen molar-refractivity contribution in [3.8, 4) is 17.1 Å². The number of rotatable bonds is 1. The van der Waals surface area contributed by atoms with Crippen LogP contribution in [0.1, 0.15) is 23.0 Å². The molecule has 1 aromatic carbocycles. The summed E-state index contributed by atoms with van der Waals surface area (Å²) in [6.07, 6.45) is -0.520. The molecule has 2 heterocycles. The Hall–Kier alpha value is -1.74. The highest BCUT2D eigenvalue weighted by Crippen LogP contribution is 2.38. The molecule has 0 saturated heterocycles. The summed E-state index contributed by atoms with van der Waals surface area (Å²) >= 11 is 5.76. The van der Waals surface area contributed by atoms with E-state index in [1.165, 1.54) is 0 Å². The minimum atomic E-state index is -0.520. The average Bonchev–Trinajstić information content (AvgIpc) is 2.78. The van der Waals surface area contributed by atoms with Crippen molar-refractivity contribution in [1.29, 1.82) is 0 Å². The Morgan fingerprint density at radius 1 is 1.28 bits per heavy atom. The standard InChI is InChI=1S/C14H11ClO3/c1-8-13(16)11-6-9(7-15)18-14(11)10-4-2-3-5-12(10)17-8/h2-6,8H,7H2,1H3. The first kappa shape index (κ1) is 11.4. The zero-order valence-corrected chi connectivity index (χ0v) is 10.5. The van der Waals surface area contributed by atoms with Gasteiger partial charge in [-0.25, -0.2) is 0 Å². The van der Waals surface area contributed by atoms with E-state index in [2.05, 4.69) is 0 Å². The van der Waals surface area contributed by atoms with Crippen LogP contribution in [-0.2, 0) is 5.88 Å². The zero-order chi connectivity index (χ0) is 12.7. The number of fused-ring (bicyclic) bond motifs is 3. The molecule has 2 aromatic rings. The van der Waals surface area contributed by atoms with Gasteiger partial charge in [0.2, 0.25) is 5.78 Å². The summed E-state index contributed by atoms with van der Waals surface area (Å²) in [5, 5.41) is 0. The number of halogens is 1. The molecule has 0 amide bonds. The van der Waals surface area contributed by atoms with Crippen molar-refractivity contribution in [3.63, 3.8) is 0 Å². The molecular weight excluding hydrogens is 252 g/mol. The minimum absolute atomic E-state index is 0.0821. The third-order valence-electron chi connectivity index (χ3n) is 2.98. The second kappa shape index (κ2) is 4.18. The van der Waals surface area contributed by atoms with Gasteiger partial charge in [-0.05, 0) is 25.1 Å². The molecule has 92 valence electrons. The van der Waals surface area contributed by atoms with E-state index in [9.17, 15) is 4.79 Å². The molecule has 0 bridgehead atoms. The van der Waals surface area contributed by atoms with Crippen molar-refractivity contribution in [2.45, 2.75) is 18.9 Å². The highest BCUT2D eigenvalue weighted by molar-refractivity contribution is 6.17. The number of hydrogen-bond donors (Lipinski definition) is 0. The fourth-order valence-corrected chi connectivity index (χ4v) is 2.24. The summed E-state index contributed by atoms with van der Waals surface area (Å²) in [6, 6.07) is 9.16. The Kier molecular flexibility index (Phi) is 2.63. The molecule has 0 spiro atoms. The van der Waals surface area contributed by atoms with Crippen molar-refractivity contribution in [2.75, 3.05) is 0 Å². The zero-order valence-electron chi connectivity index (χ0n) is 9.77. The first-order chi connectivity index (χ1) is 8.70. The Morgan fingerprint density at radius 3 is 2.83 bits per heavy atom. The first-order valence-corrected chi connectivity index (χ1v) is 6.23. The molecule has 18 heavy (non-hydrogen) atoms. The molecule has 1 aromatic heterocycles. The third-order valence-corrected chi connectivity index (χ3v) is 3.25. The van der Waals surface area contributed by atoms with Gasteiger partial charge in [0.15, 0.2) is 6.10 Å². The van der Waals surface area contributed by atoms with Crippen molar-refractivity contribution >= 4 is 17.4 Å². The normalized spacial score (nSPS) is 17.7. The number of benzene rings is 1. The van der Waals surface area contributed by atoms with Crippen LogP contribution in [0.25, 0.3) is 11.3 Å². The van der Waals surface area contributed by atoms with Gasteiger partial charge in [-0.1, -0.05) is 12.1 Å². The van der Waals surface area contributed by atoms with Gasteiger partial charge in [0.1, 0.15) is 17.3 Å². The lowest BCUT2D eigenvalue weighted by Crippen LogP contribution is -2.22. The molecule has 1 unspecified atom stereocenters. The van der Waals surface area contributed by atoms with Gasteiger partial charge < -0.3 is 9.15 Å². The number of furan rings is 1. The van der Waals surface area contributed by atoms with Crippen molar-refractivity contribution in [3.05, 3.63) is 41.7 Å². The monoisotopic (exact) mass is 262 g/mol. The number of ether oxygens (including phenoxy) is 1. The minimum Gasteiger partial charge on any atom is -0.482 e.